The first-order valence-electron chi connectivity index (χ1n) is 12.2. The smallest absolute Gasteiger partial charge is 0.255 e. The summed E-state index contributed by atoms with van der Waals surface area (Å²) in [5.41, 5.74) is 2.31. The SMILES string of the molecule is CCCC1CCC(NC(=O)c2cnc(Nc3ccc4cnccc4n3)cc2NC2CC2)CC1. The summed E-state index contributed by atoms with van der Waals surface area (Å²) in [6, 6.07) is 8.39. The standard InChI is InChI=1S/C26H32N6O/c1-2-3-17-4-7-20(8-5-17)30-26(33)21-16-28-25(14-23(21)29-19-9-10-19)32-24-11-6-18-15-27-13-12-22(18)31-24/h6,11-17,19-20H,2-5,7-10H2,1H3,(H,30,33)(H2,28,29,31,32). The first-order chi connectivity index (χ1) is 16.2. The molecule has 0 aromatic carbocycles. The van der Waals surface area contributed by atoms with Crippen LogP contribution in [0.15, 0.2) is 42.9 Å². The number of rotatable bonds is 8. The molecule has 0 atom stereocenters. The van der Waals surface area contributed by atoms with Gasteiger partial charge < -0.3 is 16.0 Å². The maximum absolute atomic E-state index is 13.1. The number of aromatic nitrogens is 3. The largest absolute Gasteiger partial charge is 0.382 e. The van der Waals surface area contributed by atoms with Crippen LogP contribution < -0.4 is 16.0 Å². The zero-order chi connectivity index (χ0) is 22.6. The van der Waals surface area contributed by atoms with Gasteiger partial charge in [0.1, 0.15) is 11.6 Å². The van der Waals surface area contributed by atoms with Crippen LogP contribution in [0.25, 0.3) is 10.9 Å². The lowest BCUT2D eigenvalue weighted by molar-refractivity contribution is 0.0921. The number of carbonyl (C=O) groups excluding carboxylic acids is 1. The van der Waals surface area contributed by atoms with Crippen molar-refractivity contribution in [3.63, 3.8) is 0 Å². The molecule has 5 rings (SSSR count). The Kier molecular flexibility index (Phi) is 6.37. The van der Waals surface area contributed by atoms with Crippen molar-refractivity contribution in [2.24, 2.45) is 5.92 Å². The first-order valence-corrected chi connectivity index (χ1v) is 12.2. The Bertz CT molecular complexity index is 1120. The average Bonchev–Trinajstić information content (AvgIpc) is 3.65. The molecule has 0 unspecified atom stereocenters. The molecule has 0 radical (unpaired) electrons. The lowest BCUT2D eigenvalue weighted by atomic mass is 9.83. The summed E-state index contributed by atoms with van der Waals surface area (Å²) < 4.78 is 0. The van der Waals surface area contributed by atoms with Gasteiger partial charge in [-0.1, -0.05) is 19.8 Å². The topological polar surface area (TPSA) is 91.8 Å². The fourth-order valence-corrected chi connectivity index (χ4v) is 4.70. The van der Waals surface area contributed by atoms with Crippen molar-refractivity contribution in [3.05, 3.63) is 48.4 Å². The van der Waals surface area contributed by atoms with E-state index in [1.165, 1.54) is 25.7 Å². The molecule has 7 heteroatoms. The number of nitrogens with one attached hydrogen (secondary N) is 3. The Hall–Kier alpha value is -3.22. The lowest BCUT2D eigenvalue weighted by Gasteiger charge is -2.29. The van der Waals surface area contributed by atoms with Gasteiger partial charge in [0.15, 0.2) is 0 Å². The van der Waals surface area contributed by atoms with E-state index in [1.54, 1.807) is 18.6 Å². The fraction of sp³-hybridized carbons (Fsp3) is 0.462. The zero-order valence-corrected chi connectivity index (χ0v) is 19.2. The number of hydrogen-bond acceptors (Lipinski definition) is 6. The first kappa shape index (κ1) is 21.6. The third kappa shape index (κ3) is 5.41. The molecule has 0 bridgehead atoms. The lowest BCUT2D eigenvalue weighted by Crippen LogP contribution is -2.38. The van der Waals surface area contributed by atoms with Crippen LogP contribution in [0.4, 0.5) is 17.3 Å². The molecule has 3 aromatic heterocycles. The van der Waals surface area contributed by atoms with Crippen molar-refractivity contribution >= 4 is 34.1 Å². The molecule has 172 valence electrons. The number of fused-ring (bicyclic) bond motifs is 1. The average molecular weight is 445 g/mol. The second-order valence-electron chi connectivity index (χ2n) is 9.40. The molecule has 3 N–H and O–H groups in total. The molecule has 1 amide bonds. The highest BCUT2D eigenvalue weighted by Gasteiger charge is 2.26. The molecule has 3 heterocycles. The number of pyridine rings is 3. The zero-order valence-electron chi connectivity index (χ0n) is 19.2. The van der Waals surface area contributed by atoms with Crippen molar-refractivity contribution in [3.8, 4) is 0 Å². The number of hydrogen-bond donors (Lipinski definition) is 3. The normalized spacial score (nSPS) is 20.4. The van der Waals surface area contributed by atoms with Crippen LogP contribution in [0.5, 0.6) is 0 Å². The van der Waals surface area contributed by atoms with Gasteiger partial charge >= 0.3 is 0 Å². The van der Waals surface area contributed by atoms with E-state index >= 15 is 0 Å². The maximum atomic E-state index is 13.1. The van der Waals surface area contributed by atoms with Crippen molar-refractivity contribution in [2.45, 2.75) is 70.4 Å². The second-order valence-corrected chi connectivity index (χ2v) is 9.40. The van der Waals surface area contributed by atoms with E-state index in [1.807, 2.05) is 24.3 Å². The Morgan fingerprint density at radius 3 is 2.61 bits per heavy atom. The van der Waals surface area contributed by atoms with Crippen LogP contribution in [-0.4, -0.2) is 32.9 Å². The van der Waals surface area contributed by atoms with Gasteiger partial charge in [-0.2, -0.15) is 0 Å². The minimum Gasteiger partial charge on any atom is -0.382 e. The molecule has 2 saturated carbocycles. The number of amides is 1. The van der Waals surface area contributed by atoms with E-state index < -0.39 is 0 Å². The molecule has 3 aromatic rings. The Morgan fingerprint density at radius 1 is 1.00 bits per heavy atom. The highest BCUT2D eigenvalue weighted by atomic mass is 16.1. The highest BCUT2D eigenvalue weighted by Crippen LogP contribution is 2.30. The van der Waals surface area contributed by atoms with Gasteiger partial charge in [0.25, 0.3) is 5.91 Å². The van der Waals surface area contributed by atoms with Crippen LogP contribution in [0.3, 0.4) is 0 Å². The molecule has 7 nitrogen and oxygen atoms in total. The summed E-state index contributed by atoms with van der Waals surface area (Å²) in [6.45, 7) is 2.25. The molecular formula is C26H32N6O. The third-order valence-corrected chi connectivity index (χ3v) is 6.71. The van der Waals surface area contributed by atoms with Crippen LogP contribution in [-0.2, 0) is 0 Å². The minimum atomic E-state index is -0.0347. The van der Waals surface area contributed by atoms with Gasteiger partial charge in [0.2, 0.25) is 0 Å². The summed E-state index contributed by atoms with van der Waals surface area (Å²) in [7, 11) is 0. The van der Waals surface area contributed by atoms with Gasteiger partial charge in [-0.15, -0.1) is 0 Å². The van der Waals surface area contributed by atoms with Crippen molar-refractivity contribution in [2.75, 3.05) is 10.6 Å². The predicted molar refractivity (Wildman–Crippen MR) is 132 cm³/mol. The summed E-state index contributed by atoms with van der Waals surface area (Å²) in [5.74, 6) is 2.16. The fourth-order valence-electron chi connectivity index (χ4n) is 4.70. The Morgan fingerprint density at radius 2 is 1.82 bits per heavy atom. The Balaban J connectivity index is 1.29. The van der Waals surface area contributed by atoms with Gasteiger partial charge in [0.05, 0.1) is 16.8 Å². The summed E-state index contributed by atoms with van der Waals surface area (Å²) >= 11 is 0. The summed E-state index contributed by atoms with van der Waals surface area (Å²) in [6.07, 6.45) is 14.6. The van der Waals surface area contributed by atoms with Gasteiger partial charge in [-0.25, -0.2) is 9.97 Å². The number of anilines is 3. The van der Waals surface area contributed by atoms with E-state index in [2.05, 4.69) is 37.8 Å². The monoisotopic (exact) mass is 444 g/mol. The predicted octanol–water partition coefficient (Wildman–Crippen LogP) is 5.43. The molecule has 2 aliphatic rings. The quantitative estimate of drug-likeness (QED) is 0.429. The minimum absolute atomic E-state index is 0.0347. The van der Waals surface area contributed by atoms with Crippen LogP contribution in [0.1, 0.15) is 68.6 Å². The molecule has 2 aliphatic carbocycles. The van der Waals surface area contributed by atoms with Gasteiger partial charge in [-0.05, 0) is 62.6 Å². The second kappa shape index (κ2) is 9.73. The van der Waals surface area contributed by atoms with E-state index in [0.717, 1.165) is 48.2 Å². The van der Waals surface area contributed by atoms with Gasteiger partial charge in [-0.3, -0.25) is 9.78 Å². The van der Waals surface area contributed by atoms with Crippen molar-refractivity contribution < 1.29 is 4.79 Å². The molecular weight excluding hydrogens is 412 g/mol. The summed E-state index contributed by atoms with van der Waals surface area (Å²) in [5, 5.41) is 11.0. The van der Waals surface area contributed by atoms with Crippen molar-refractivity contribution in [1.82, 2.24) is 20.3 Å². The molecule has 2 fully saturated rings. The molecule has 33 heavy (non-hydrogen) atoms. The van der Waals surface area contributed by atoms with Crippen molar-refractivity contribution in [1.29, 1.82) is 0 Å². The van der Waals surface area contributed by atoms with E-state index in [4.69, 9.17) is 0 Å². The van der Waals surface area contributed by atoms with Crippen LogP contribution in [0, 0.1) is 5.92 Å². The van der Waals surface area contributed by atoms with Gasteiger partial charge in [0, 0.05) is 42.1 Å². The Labute approximate surface area is 194 Å². The molecule has 0 aliphatic heterocycles. The third-order valence-electron chi connectivity index (χ3n) is 6.71. The molecule has 0 saturated heterocycles. The van der Waals surface area contributed by atoms with E-state index in [-0.39, 0.29) is 11.9 Å². The van der Waals surface area contributed by atoms with Crippen LogP contribution in [0.2, 0.25) is 0 Å². The maximum Gasteiger partial charge on any atom is 0.255 e. The summed E-state index contributed by atoms with van der Waals surface area (Å²) in [4.78, 5) is 26.4. The van der Waals surface area contributed by atoms with E-state index in [9.17, 15) is 4.79 Å². The number of carbonyl (C=O) groups is 1. The van der Waals surface area contributed by atoms with Crippen LogP contribution >= 0.6 is 0 Å². The number of nitrogens with zero attached hydrogens (tertiary/aromatic N) is 3. The van der Waals surface area contributed by atoms with E-state index in [0.29, 0.717) is 23.2 Å². The molecule has 0 spiro atoms. The highest BCUT2D eigenvalue weighted by molar-refractivity contribution is 6.00.